The molecule has 0 aliphatic rings. The first-order valence-corrected chi connectivity index (χ1v) is 6.86. The van der Waals surface area contributed by atoms with Crippen molar-refractivity contribution in [3.63, 3.8) is 0 Å². The van der Waals surface area contributed by atoms with Crippen LogP contribution in [0.1, 0.15) is 31.0 Å². The Balaban J connectivity index is 2.18. The first kappa shape index (κ1) is 15.0. The first-order chi connectivity index (χ1) is 9.95. The number of rotatable bonds is 4. The third kappa shape index (κ3) is 4.05. The number of aryl methyl sites for hydroxylation is 1. The summed E-state index contributed by atoms with van der Waals surface area (Å²) >= 11 is 0. The van der Waals surface area contributed by atoms with Gasteiger partial charge in [-0.25, -0.2) is 4.39 Å². The minimum atomic E-state index is -0.262. The standard InChI is InChI=1S/C17H19FN2O/c1-11-7-8-15(18)10-17(11)19-12(2)14-5-4-6-16(9-14)20-13(3)21/h4-10,12,19H,1-3H3,(H,20,21). The van der Waals surface area contributed by atoms with Crippen LogP contribution in [0.4, 0.5) is 15.8 Å². The number of anilines is 2. The molecule has 21 heavy (non-hydrogen) atoms. The largest absolute Gasteiger partial charge is 0.378 e. The molecular formula is C17H19FN2O. The van der Waals surface area contributed by atoms with Crippen molar-refractivity contribution >= 4 is 17.3 Å². The SMILES string of the molecule is CC(=O)Nc1cccc(C(C)Nc2cc(F)ccc2C)c1. The van der Waals surface area contributed by atoms with Gasteiger partial charge >= 0.3 is 0 Å². The van der Waals surface area contributed by atoms with Gasteiger partial charge in [0.15, 0.2) is 0 Å². The highest BCUT2D eigenvalue weighted by Crippen LogP contribution is 2.24. The maximum absolute atomic E-state index is 13.3. The molecule has 1 atom stereocenters. The molecule has 2 aromatic rings. The molecule has 0 saturated heterocycles. The highest BCUT2D eigenvalue weighted by Gasteiger charge is 2.09. The Hall–Kier alpha value is -2.36. The highest BCUT2D eigenvalue weighted by atomic mass is 19.1. The number of benzene rings is 2. The van der Waals surface area contributed by atoms with Crippen LogP contribution in [-0.2, 0) is 4.79 Å². The van der Waals surface area contributed by atoms with E-state index in [0.29, 0.717) is 0 Å². The Morgan fingerprint density at radius 1 is 1.19 bits per heavy atom. The van der Waals surface area contributed by atoms with E-state index in [-0.39, 0.29) is 17.8 Å². The number of carbonyl (C=O) groups excluding carboxylic acids is 1. The van der Waals surface area contributed by atoms with Crippen LogP contribution in [0.25, 0.3) is 0 Å². The molecule has 2 aromatic carbocycles. The molecule has 1 amide bonds. The molecule has 2 rings (SSSR count). The number of hydrogen-bond acceptors (Lipinski definition) is 2. The van der Waals surface area contributed by atoms with E-state index in [2.05, 4.69) is 10.6 Å². The van der Waals surface area contributed by atoms with Gasteiger partial charge in [-0.1, -0.05) is 18.2 Å². The van der Waals surface area contributed by atoms with Crippen molar-refractivity contribution in [2.45, 2.75) is 26.8 Å². The molecule has 1 unspecified atom stereocenters. The molecule has 0 saturated carbocycles. The average Bonchev–Trinajstić information content (AvgIpc) is 2.42. The molecule has 2 N–H and O–H groups in total. The van der Waals surface area contributed by atoms with Crippen molar-refractivity contribution in [2.75, 3.05) is 10.6 Å². The van der Waals surface area contributed by atoms with Crippen LogP contribution in [0, 0.1) is 12.7 Å². The number of amides is 1. The molecule has 0 bridgehead atoms. The van der Waals surface area contributed by atoms with Crippen LogP contribution < -0.4 is 10.6 Å². The van der Waals surface area contributed by atoms with Gasteiger partial charge < -0.3 is 10.6 Å². The summed E-state index contributed by atoms with van der Waals surface area (Å²) in [4.78, 5) is 11.1. The second kappa shape index (κ2) is 6.39. The minimum absolute atomic E-state index is 0.000733. The first-order valence-electron chi connectivity index (χ1n) is 6.86. The fourth-order valence-corrected chi connectivity index (χ4v) is 2.16. The van der Waals surface area contributed by atoms with Gasteiger partial charge in [0.05, 0.1) is 0 Å². The van der Waals surface area contributed by atoms with Gasteiger partial charge in [0, 0.05) is 24.3 Å². The van der Waals surface area contributed by atoms with E-state index in [4.69, 9.17) is 0 Å². The average molecular weight is 286 g/mol. The van der Waals surface area contributed by atoms with Crippen LogP contribution in [0.15, 0.2) is 42.5 Å². The summed E-state index contributed by atoms with van der Waals surface area (Å²) < 4.78 is 13.3. The van der Waals surface area contributed by atoms with Gasteiger partial charge in [-0.2, -0.15) is 0 Å². The molecule has 3 nitrogen and oxygen atoms in total. The summed E-state index contributed by atoms with van der Waals surface area (Å²) in [5, 5.41) is 6.05. The lowest BCUT2D eigenvalue weighted by Crippen LogP contribution is -2.10. The van der Waals surface area contributed by atoms with Gasteiger partial charge in [-0.15, -0.1) is 0 Å². The zero-order valence-corrected chi connectivity index (χ0v) is 12.4. The van der Waals surface area contributed by atoms with Crippen molar-refractivity contribution in [3.05, 3.63) is 59.4 Å². The van der Waals surface area contributed by atoms with E-state index < -0.39 is 0 Å². The molecule has 0 heterocycles. The molecule has 0 aliphatic carbocycles. The van der Waals surface area contributed by atoms with E-state index in [0.717, 1.165) is 22.5 Å². The lowest BCUT2D eigenvalue weighted by atomic mass is 10.1. The van der Waals surface area contributed by atoms with Crippen LogP contribution in [0.2, 0.25) is 0 Å². The van der Waals surface area contributed by atoms with Gasteiger partial charge in [0.25, 0.3) is 0 Å². The maximum Gasteiger partial charge on any atom is 0.221 e. The second-order valence-corrected chi connectivity index (χ2v) is 5.13. The molecule has 0 aromatic heterocycles. The number of hydrogen-bond donors (Lipinski definition) is 2. The normalized spacial score (nSPS) is 11.8. The van der Waals surface area contributed by atoms with Crippen LogP contribution in [0.3, 0.4) is 0 Å². The molecular weight excluding hydrogens is 267 g/mol. The lowest BCUT2D eigenvalue weighted by Gasteiger charge is -2.18. The van der Waals surface area contributed by atoms with Gasteiger partial charge in [-0.3, -0.25) is 4.79 Å². The molecule has 0 radical (unpaired) electrons. The number of nitrogens with one attached hydrogen (secondary N) is 2. The smallest absolute Gasteiger partial charge is 0.221 e. The van der Waals surface area contributed by atoms with E-state index in [1.54, 1.807) is 6.07 Å². The van der Waals surface area contributed by atoms with E-state index in [1.165, 1.54) is 19.1 Å². The van der Waals surface area contributed by atoms with Crippen LogP contribution >= 0.6 is 0 Å². The molecule has 4 heteroatoms. The van der Waals surface area contributed by atoms with Crippen molar-refractivity contribution in [2.24, 2.45) is 0 Å². The monoisotopic (exact) mass is 286 g/mol. The number of carbonyl (C=O) groups is 1. The summed E-state index contributed by atoms with van der Waals surface area (Å²) in [6.45, 7) is 5.41. The van der Waals surface area contributed by atoms with Crippen molar-refractivity contribution in [1.29, 1.82) is 0 Å². The van der Waals surface area contributed by atoms with Crippen molar-refractivity contribution in [3.8, 4) is 0 Å². The van der Waals surface area contributed by atoms with Crippen molar-refractivity contribution in [1.82, 2.24) is 0 Å². The fourth-order valence-electron chi connectivity index (χ4n) is 2.16. The van der Waals surface area contributed by atoms with Gasteiger partial charge in [-0.05, 0) is 49.2 Å². The second-order valence-electron chi connectivity index (χ2n) is 5.13. The zero-order valence-electron chi connectivity index (χ0n) is 12.4. The predicted molar refractivity (Wildman–Crippen MR) is 83.9 cm³/mol. The Labute approximate surface area is 124 Å². The summed E-state index contributed by atoms with van der Waals surface area (Å²) in [6, 6.07) is 12.3. The quantitative estimate of drug-likeness (QED) is 0.881. The zero-order chi connectivity index (χ0) is 15.4. The van der Waals surface area contributed by atoms with Crippen molar-refractivity contribution < 1.29 is 9.18 Å². The lowest BCUT2D eigenvalue weighted by molar-refractivity contribution is -0.114. The third-order valence-electron chi connectivity index (χ3n) is 3.28. The Kier molecular flexibility index (Phi) is 4.58. The highest BCUT2D eigenvalue weighted by molar-refractivity contribution is 5.88. The minimum Gasteiger partial charge on any atom is -0.378 e. The topological polar surface area (TPSA) is 41.1 Å². The molecule has 110 valence electrons. The fraction of sp³-hybridized carbons (Fsp3) is 0.235. The number of halogens is 1. The molecule has 0 aliphatic heterocycles. The van der Waals surface area contributed by atoms with Crippen LogP contribution in [-0.4, -0.2) is 5.91 Å². The Bertz CT molecular complexity index is 655. The summed E-state index contributed by atoms with van der Waals surface area (Å²) in [5.74, 6) is -0.365. The third-order valence-corrected chi connectivity index (χ3v) is 3.28. The summed E-state index contributed by atoms with van der Waals surface area (Å²) in [7, 11) is 0. The van der Waals surface area contributed by atoms with Gasteiger partial charge in [0.2, 0.25) is 5.91 Å². The van der Waals surface area contributed by atoms with E-state index >= 15 is 0 Å². The predicted octanol–water partition coefficient (Wildman–Crippen LogP) is 4.27. The Morgan fingerprint density at radius 2 is 1.95 bits per heavy atom. The van der Waals surface area contributed by atoms with Crippen LogP contribution in [0.5, 0.6) is 0 Å². The summed E-state index contributed by atoms with van der Waals surface area (Å²) in [6.07, 6.45) is 0. The Morgan fingerprint density at radius 3 is 2.67 bits per heavy atom. The van der Waals surface area contributed by atoms with E-state index in [9.17, 15) is 9.18 Å². The van der Waals surface area contributed by atoms with E-state index in [1.807, 2.05) is 38.1 Å². The molecule has 0 spiro atoms. The van der Waals surface area contributed by atoms with Gasteiger partial charge in [0.1, 0.15) is 5.82 Å². The maximum atomic E-state index is 13.3. The molecule has 0 fully saturated rings. The summed E-state index contributed by atoms with van der Waals surface area (Å²) in [5.41, 5.74) is 3.53.